The molecule has 2 rings (SSSR count). The van der Waals surface area contributed by atoms with Gasteiger partial charge in [-0.1, -0.05) is 11.2 Å². The van der Waals surface area contributed by atoms with Crippen molar-refractivity contribution in [1.29, 1.82) is 0 Å². The summed E-state index contributed by atoms with van der Waals surface area (Å²) < 4.78 is 5.03. The van der Waals surface area contributed by atoms with Gasteiger partial charge in [-0.25, -0.2) is 0 Å². The largest absolute Gasteiger partial charge is 0.339 e. The molecule has 0 aliphatic heterocycles. The summed E-state index contributed by atoms with van der Waals surface area (Å²) in [6, 6.07) is 4.21. The molecule has 5 heteroatoms. The molecule has 16 heavy (non-hydrogen) atoms. The van der Waals surface area contributed by atoms with E-state index in [1.807, 2.05) is 6.92 Å². The van der Waals surface area contributed by atoms with Gasteiger partial charge >= 0.3 is 0 Å². The van der Waals surface area contributed by atoms with Crippen molar-refractivity contribution in [3.63, 3.8) is 0 Å². The first kappa shape index (κ1) is 11.3. The minimum atomic E-state index is 0.710. The topological polar surface area (TPSA) is 51.0 Å². The fourth-order valence-electron chi connectivity index (χ4n) is 1.43. The van der Waals surface area contributed by atoms with Gasteiger partial charge in [0.1, 0.15) is 0 Å². The van der Waals surface area contributed by atoms with Gasteiger partial charge in [0, 0.05) is 17.8 Å². The van der Waals surface area contributed by atoms with Crippen molar-refractivity contribution in [2.45, 2.75) is 26.3 Å². The van der Waals surface area contributed by atoms with Crippen LogP contribution >= 0.6 is 11.3 Å². The van der Waals surface area contributed by atoms with E-state index >= 15 is 0 Å². The normalized spacial score (nSPS) is 10.8. The molecule has 86 valence electrons. The van der Waals surface area contributed by atoms with Gasteiger partial charge in [0.2, 0.25) is 5.89 Å². The smallest absolute Gasteiger partial charge is 0.226 e. The second-order valence-electron chi connectivity index (χ2n) is 3.60. The van der Waals surface area contributed by atoms with Crippen LogP contribution in [0.25, 0.3) is 0 Å². The van der Waals surface area contributed by atoms with E-state index in [2.05, 4.69) is 33.0 Å². The zero-order valence-electron chi connectivity index (χ0n) is 9.27. The van der Waals surface area contributed by atoms with E-state index in [-0.39, 0.29) is 0 Å². The van der Waals surface area contributed by atoms with Crippen LogP contribution in [0.1, 0.15) is 23.0 Å². The molecule has 0 radical (unpaired) electrons. The average Bonchev–Trinajstić information content (AvgIpc) is 2.89. The van der Waals surface area contributed by atoms with Gasteiger partial charge in [-0.3, -0.25) is 0 Å². The van der Waals surface area contributed by atoms with Crippen LogP contribution in [0.5, 0.6) is 0 Å². The summed E-state index contributed by atoms with van der Waals surface area (Å²) in [6.07, 6.45) is 1.87. The summed E-state index contributed by atoms with van der Waals surface area (Å²) in [5.41, 5.74) is 0. The first-order chi connectivity index (χ1) is 7.84. The molecule has 2 aromatic heterocycles. The van der Waals surface area contributed by atoms with Gasteiger partial charge in [0.15, 0.2) is 5.82 Å². The Morgan fingerprint density at radius 3 is 3.12 bits per heavy atom. The second-order valence-corrected chi connectivity index (χ2v) is 4.63. The predicted octanol–water partition coefficient (Wildman–Crippen LogP) is 2.16. The molecule has 0 bridgehead atoms. The lowest BCUT2D eigenvalue weighted by Crippen LogP contribution is -2.14. The Balaban J connectivity index is 1.59. The van der Waals surface area contributed by atoms with Crippen molar-refractivity contribution in [2.24, 2.45) is 0 Å². The van der Waals surface area contributed by atoms with Gasteiger partial charge in [-0.05, 0) is 31.3 Å². The van der Waals surface area contributed by atoms with Crippen LogP contribution < -0.4 is 5.32 Å². The molecule has 0 aliphatic carbocycles. The summed E-state index contributed by atoms with van der Waals surface area (Å²) in [5, 5.41) is 9.23. The lowest BCUT2D eigenvalue weighted by Gasteiger charge is -2.00. The van der Waals surface area contributed by atoms with Crippen LogP contribution in [-0.4, -0.2) is 16.7 Å². The number of nitrogens with one attached hydrogen (secondary N) is 1. The third kappa shape index (κ3) is 3.43. The quantitative estimate of drug-likeness (QED) is 0.782. The highest BCUT2D eigenvalue weighted by molar-refractivity contribution is 7.09. The van der Waals surface area contributed by atoms with E-state index in [9.17, 15) is 0 Å². The van der Waals surface area contributed by atoms with Crippen molar-refractivity contribution in [3.8, 4) is 0 Å². The van der Waals surface area contributed by atoms with Crippen molar-refractivity contribution in [3.05, 3.63) is 34.1 Å². The minimum Gasteiger partial charge on any atom is -0.339 e. The number of rotatable bonds is 6. The molecule has 0 unspecified atom stereocenters. The first-order valence-electron chi connectivity index (χ1n) is 5.37. The number of hydrogen-bond donors (Lipinski definition) is 1. The molecule has 0 aliphatic rings. The summed E-state index contributed by atoms with van der Waals surface area (Å²) >= 11 is 1.78. The maximum Gasteiger partial charge on any atom is 0.226 e. The summed E-state index contributed by atoms with van der Waals surface area (Å²) in [6.45, 7) is 3.75. The van der Waals surface area contributed by atoms with Crippen LogP contribution in [-0.2, 0) is 13.0 Å². The third-order valence-corrected chi connectivity index (χ3v) is 3.07. The Labute approximate surface area is 98.7 Å². The minimum absolute atomic E-state index is 0.710. The molecule has 2 heterocycles. The number of aromatic nitrogens is 2. The van der Waals surface area contributed by atoms with Gasteiger partial charge < -0.3 is 9.84 Å². The second kappa shape index (κ2) is 5.77. The number of thiophene rings is 1. The summed E-state index contributed by atoms with van der Waals surface area (Å²) in [4.78, 5) is 5.52. The highest BCUT2D eigenvalue weighted by Gasteiger charge is 2.01. The SMILES string of the molecule is Cc1noc(CCCNCc2cccs2)n1. The molecule has 1 N–H and O–H groups in total. The standard InChI is InChI=1S/C11H15N3OS/c1-9-13-11(15-14-9)5-2-6-12-8-10-4-3-7-16-10/h3-4,7,12H,2,5-6,8H2,1H3. The molecule has 0 fully saturated rings. The Hall–Kier alpha value is -1.20. The molecule has 0 saturated heterocycles. The fraction of sp³-hybridized carbons (Fsp3) is 0.455. The maximum absolute atomic E-state index is 5.03. The highest BCUT2D eigenvalue weighted by Crippen LogP contribution is 2.07. The van der Waals surface area contributed by atoms with E-state index in [1.54, 1.807) is 11.3 Å². The van der Waals surface area contributed by atoms with Gasteiger partial charge in [0.05, 0.1) is 0 Å². The summed E-state index contributed by atoms with van der Waals surface area (Å²) in [7, 11) is 0. The van der Waals surface area contributed by atoms with Crippen molar-refractivity contribution >= 4 is 11.3 Å². The molecule has 0 atom stereocenters. The van der Waals surface area contributed by atoms with Crippen LogP contribution in [0, 0.1) is 6.92 Å². The Kier molecular flexibility index (Phi) is 4.07. The maximum atomic E-state index is 5.03. The van der Waals surface area contributed by atoms with Gasteiger partial charge in [0.25, 0.3) is 0 Å². The van der Waals surface area contributed by atoms with Crippen molar-refractivity contribution < 1.29 is 4.52 Å². The van der Waals surface area contributed by atoms with Crippen LogP contribution in [0.2, 0.25) is 0 Å². The van der Waals surface area contributed by atoms with E-state index in [4.69, 9.17) is 4.52 Å². The van der Waals surface area contributed by atoms with Gasteiger partial charge in [-0.15, -0.1) is 11.3 Å². The molecular formula is C11H15N3OS. The summed E-state index contributed by atoms with van der Waals surface area (Å²) in [5.74, 6) is 1.44. The van der Waals surface area contributed by atoms with E-state index < -0.39 is 0 Å². The van der Waals surface area contributed by atoms with E-state index in [0.29, 0.717) is 5.82 Å². The zero-order chi connectivity index (χ0) is 11.2. The molecular weight excluding hydrogens is 222 g/mol. The highest BCUT2D eigenvalue weighted by atomic mass is 32.1. The Morgan fingerprint density at radius 2 is 2.44 bits per heavy atom. The van der Waals surface area contributed by atoms with Crippen LogP contribution in [0.4, 0.5) is 0 Å². The Morgan fingerprint density at radius 1 is 1.50 bits per heavy atom. The molecule has 2 aromatic rings. The molecule has 0 saturated carbocycles. The van der Waals surface area contributed by atoms with E-state index in [1.165, 1.54) is 4.88 Å². The fourth-order valence-corrected chi connectivity index (χ4v) is 2.11. The average molecular weight is 237 g/mol. The predicted molar refractivity (Wildman–Crippen MR) is 63.4 cm³/mol. The number of nitrogens with zero attached hydrogens (tertiary/aromatic N) is 2. The lowest BCUT2D eigenvalue weighted by atomic mass is 10.3. The number of aryl methyl sites for hydroxylation is 2. The van der Waals surface area contributed by atoms with Gasteiger partial charge in [-0.2, -0.15) is 4.98 Å². The third-order valence-electron chi connectivity index (χ3n) is 2.19. The first-order valence-corrected chi connectivity index (χ1v) is 6.25. The lowest BCUT2D eigenvalue weighted by molar-refractivity contribution is 0.371. The van der Waals surface area contributed by atoms with Crippen molar-refractivity contribution in [2.75, 3.05) is 6.54 Å². The van der Waals surface area contributed by atoms with Crippen LogP contribution in [0.15, 0.2) is 22.0 Å². The molecule has 0 spiro atoms. The zero-order valence-corrected chi connectivity index (χ0v) is 10.1. The Bertz CT molecular complexity index is 411. The molecule has 0 aromatic carbocycles. The molecule has 4 nitrogen and oxygen atoms in total. The van der Waals surface area contributed by atoms with E-state index in [0.717, 1.165) is 31.8 Å². The molecule has 0 amide bonds. The monoisotopic (exact) mass is 237 g/mol. The van der Waals surface area contributed by atoms with Crippen molar-refractivity contribution in [1.82, 2.24) is 15.5 Å². The number of hydrogen-bond acceptors (Lipinski definition) is 5. The van der Waals surface area contributed by atoms with Crippen LogP contribution in [0.3, 0.4) is 0 Å².